The van der Waals surface area contributed by atoms with Crippen LogP contribution in [0.4, 0.5) is 0 Å². The summed E-state index contributed by atoms with van der Waals surface area (Å²) >= 11 is 0. The zero-order chi connectivity index (χ0) is 9.26. The maximum Gasteiger partial charge on any atom is 0.215 e. The number of hydrogen-bond acceptors (Lipinski definition) is 3. The van der Waals surface area contributed by atoms with Crippen molar-refractivity contribution in [3.05, 3.63) is 24.0 Å². The lowest BCUT2D eigenvalue weighted by Crippen LogP contribution is -1.85. The normalized spacial score (nSPS) is 10.2. The summed E-state index contributed by atoms with van der Waals surface area (Å²) in [6.07, 6.45) is 2.43. The number of fused-ring (bicyclic) bond motifs is 1. The predicted molar refractivity (Wildman–Crippen MR) is 48.0 cm³/mol. The summed E-state index contributed by atoms with van der Waals surface area (Å²) in [5.41, 5.74) is 1.40. The average Bonchev–Trinajstić information content (AvgIpc) is 2.58. The van der Waals surface area contributed by atoms with Gasteiger partial charge in [-0.2, -0.15) is 0 Å². The summed E-state index contributed by atoms with van der Waals surface area (Å²) in [4.78, 5) is 17.4. The lowest BCUT2D eigenvalue weighted by molar-refractivity contribution is 0.112. The van der Waals surface area contributed by atoms with Crippen molar-refractivity contribution < 1.29 is 9.53 Å². The number of hydrogen-bond donors (Lipinski definition) is 1. The van der Waals surface area contributed by atoms with E-state index in [9.17, 15) is 4.79 Å². The smallest absolute Gasteiger partial charge is 0.215 e. The Morgan fingerprint density at radius 3 is 3.08 bits per heavy atom. The molecule has 0 aliphatic heterocycles. The number of aldehydes is 1. The first-order valence-electron chi connectivity index (χ1n) is 3.81. The molecule has 0 radical (unpaired) electrons. The summed E-state index contributed by atoms with van der Waals surface area (Å²) in [6.45, 7) is 0. The maximum atomic E-state index is 10.4. The van der Waals surface area contributed by atoms with Crippen molar-refractivity contribution in [2.24, 2.45) is 0 Å². The van der Waals surface area contributed by atoms with E-state index < -0.39 is 0 Å². The minimum absolute atomic E-state index is 0.534. The van der Waals surface area contributed by atoms with E-state index in [0.717, 1.165) is 17.2 Å². The van der Waals surface area contributed by atoms with Crippen LogP contribution in [0.2, 0.25) is 0 Å². The molecule has 0 saturated carbocycles. The van der Waals surface area contributed by atoms with E-state index in [2.05, 4.69) is 9.97 Å². The Hall–Kier alpha value is -1.84. The first-order valence-corrected chi connectivity index (χ1v) is 3.81. The van der Waals surface area contributed by atoms with Crippen LogP contribution in [0.3, 0.4) is 0 Å². The van der Waals surface area contributed by atoms with Crippen LogP contribution in [0.5, 0.6) is 5.88 Å². The lowest BCUT2D eigenvalue weighted by atomic mass is 10.3. The van der Waals surface area contributed by atoms with Crippen LogP contribution in [0.15, 0.2) is 18.3 Å². The molecule has 2 aromatic heterocycles. The highest BCUT2D eigenvalue weighted by atomic mass is 16.5. The number of H-pyrrole nitrogens is 1. The van der Waals surface area contributed by atoms with Crippen LogP contribution in [0.25, 0.3) is 10.9 Å². The van der Waals surface area contributed by atoms with Gasteiger partial charge in [-0.25, -0.2) is 4.98 Å². The fourth-order valence-corrected chi connectivity index (χ4v) is 1.20. The molecule has 0 aromatic carbocycles. The van der Waals surface area contributed by atoms with Crippen molar-refractivity contribution in [3.63, 3.8) is 0 Å². The van der Waals surface area contributed by atoms with Crippen molar-refractivity contribution in [1.29, 1.82) is 0 Å². The fraction of sp³-hybridized carbons (Fsp3) is 0.111. The van der Waals surface area contributed by atoms with Gasteiger partial charge in [0, 0.05) is 17.6 Å². The molecule has 1 N–H and O–H groups in total. The number of carbonyl (C=O) groups is 1. The largest absolute Gasteiger partial charge is 0.481 e. The Balaban J connectivity index is 2.63. The van der Waals surface area contributed by atoms with E-state index in [1.54, 1.807) is 25.4 Å². The van der Waals surface area contributed by atoms with Gasteiger partial charge in [-0.15, -0.1) is 0 Å². The number of ether oxygens (including phenoxy) is 1. The van der Waals surface area contributed by atoms with Gasteiger partial charge in [-0.3, -0.25) is 4.79 Å². The predicted octanol–water partition coefficient (Wildman–Crippen LogP) is 1.38. The maximum absolute atomic E-state index is 10.4. The van der Waals surface area contributed by atoms with Crippen LogP contribution in [-0.4, -0.2) is 23.4 Å². The van der Waals surface area contributed by atoms with Gasteiger partial charge in [0.1, 0.15) is 0 Å². The monoisotopic (exact) mass is 176 g/mol. The van der Waals surface area contributed by atoms with Crippen molar-refractivity contribution in [2.45, 2.75) is 0 Å². The number of pyridine rings is 1. The quantitative estimate of drug-likeness (QED) is 0.703. The first-order chi connectivity index (χ1) is 6.33. The van der Waals surface area contributed by atoms with Gasteiger partial charge in [0.15, 0.2) is 6.29 Å². The number of methoxy groups -OCH3 is 1. The Kier molecular flexibility index (Phi) is 1.73. The van der Waals surface area contributed by atoms with E-state index in [-0.39, 0.29) is 0 Å². The minimum Gasteiger partial charge on any atom is -0.481 e. The van der Waals surface area contributed by atoms with Crippen LogP contribution >= 0.6 is 0 Å². The van der Waals surface area contributed by atoms with E-state index in [4.69, 9.17) is 4.74 Å². The van der Waals surface area contributed by atoms with Crippen LogP contribution in [-0.2, 0) is 0 Å². The Labute approximate surface area is 74.5 Å². The molecule has 0 fully saturated rings. The highest BCUT2D eigenvalue weighted by Crippen LogP contribution is 2.17. The molecule has 0 unspecified atom stereocenters. The Morgan fingerprint density at radius 2 is 2.38 bits per heavy atom. The summed E-state index contributed by atoms with van der Waals surface area (Å²) in [5, 5.41) is 0.905. The lowest BCUT2D eigenvalue weighted by Gasteiger charge is -1.96. The number of rotatable bonds is 2. The van der Waals surface area contributed by atoms with Gasteiger partial charge in [0.25, 0.3) is 0 Å². The molecule has 2 aromatic rings. The standard InChI is InChI=1S/C9H8N2O2/c1-13-9-3-8-6(4-10-9)2-7(5-12)11-8/h2-5,11H,1H3. The third kappa shape index (κ3) is 1.26. The zero-order valence-electron chi connectivity index (χ0n) is 7.07. The first kappa shape index (κ1) is 7.79. The van der Waals surface area contributed by atoms with E-state index in [0.29, 0.717) is 11.6 Å². The Bertz CT molecular complexity index is 448. The summed E-state index contributed by atoms with van der Waals surface area (Å²) in [6, 6.07) is 3.50. The second kappa shape index (κ2) is 2.90. The number of aromatic nitrogens is 2. The van der Waals surface area contributed by atoms with E-state index in [1.165, 1.54) is 0 Å². The van der Waals surface area contributed by atoms with E-state index in [1.807, 2.05) is 0 Å². The highest BCUT2D eigenvalue weighted by Gasteiger charge is 2.01. The molecule has 0 aliphatic carbocycles. The number of nitrogens with zero attached hydrogens (tertiary/aromatic N) is 1. The molecule has 0 amide bonds. The molecule has 0 bridgehead atoms. The van der Waals surface area contributed by atoms with Crippen molar-refractivity contribution in [2.75, 3.05) is 7.11 Å². The number of aromatic amines is 1. The van der Waals surface area contributed by atoms with Gasteiger partial charge in [0.2, 0.25) is 5.88 Å². The van der Waals surface area contributed by atoms with Gasteiger partial charge < -0.3 is 9.72 Å². The zero-order valence-corrected chi connectivity index (χ0v) is 7.07. The number of carbonyl (C=O) groups excluding carboxylic acids is 1. The molecule has 2 rings (SSSR count). The molecule has 13 heavy (non-hydrogen) atoms. The third-order valence-electron chi connectivity index (χ3n) is 1.84. The van der Waals surface area contributed by atoms with Gasteiger partial charge in [-0.1, -0.05) is 0 Å². The highest BCUT2D eigenvalue weighted by molar-refractivity contribution is 5.87. The molecular weight excluding hydrogens is 168 g/mol. The molecule has 4 heteroatoms. The van der Waals surface area contributed by atoms with E-state index >= 15 is 0 Å². The van der Waals surface area contributed by atoms with Crippen LogP contribution in [0.1, 0.15) is 10.5 Å². The van der Waals surface area contributed by atoms with Crippen molar-refractivity contribution in [1.82, 2.24) is 9.97 Å². The molecule has 66 valence electrons. The van der Waals surface area contributed by atoms with Crippen molar-refractivity contribution in [3.8, 4) is 5.88 Å². The van der Waals surface area contributed by atoms with Crippen molar-refractivity contribution >= 4 is 17.2 Å². The van der Waals surface area contributed by atoms with Gasteiger partial charge in [0.05, 0.1) is 18.3 Å². The molecular formula is C9H8N2O2. The second-order valence-corrected chi connectivity index (χ2v) is 2.66. The molecule has 0 aliphatic rings. The Morgan fingerprint density at radius 1 is 1.54 bits per heavy atom. The molecule has 4 nitrogen and oxygen atoms in total. The van der Waals surface area contributed by atoms with Crippen LogP contribution in [0, 0.1) is 0 Å². The molecule has 0 spiro atoms. The summed E-state index contributed by atoms with van der Waals surface area (Å²) < 4.78 is 4.95. The SMILES string of the molecule is COc1cc2[nH]c(C=O)cc2cn1. The van der Waals surface area contributed by atoms with Crippen LogP contribution < -0.4 is 4.74 Å². The number of nitrogens with one attached hydrogen (secondary N) is 1. The summed E-state index contributed by atoms with van der Waals surface area (Å²) in [5.74, 6) is 0.534. The molecule has 0 saturated heterocycles. The average molecular weight is 176 g/mol. The van der Waals surface area contributed by atoms with Gasteiger partial charge >= 0.3 is 0 Å². The minimum atomic E-state index is 0.534. The molecule has 2 heterocycles. The molecule has 0 atom stereocenters. The topological polar surface area (TPSA) is 55.0 Å². The third-order valence-corrected chi connectivity index (χ3v) is 1.84. The second-order valence-electron chi connectivity index (χ2n) is 2.66. The summed E-state index contributed by atoms with van der Waals surface area (Å²) in [7, 11) is 1.55. The van der Waals surface area contributed by atoms with Gasteiger partial charge in [-0.05, 0) is 6.07 Å². The fourth-order valence-electron chi connectivity index (χ4n) is 1.20.